The molecular formula is C50H97N2O6P. The number of hydrogen-bond acceptors (Lipinski definition) is 6. The number of aliphatic hydroxyl groups is 1. The van der Waals surface area contributed by atoms with Crippen molar-refractivity contribution in [2.75, 3.05) is 40.9 Å². The Morgan fingerprint density at radius 2 is 0.949 bits per heavy atom. The Morgan fingerprint density at radius 1 is 0.576 bits per heavy atom. The van der Waals surface area contributed by atoms with E-state index in [0.29, 0.717) is 17.4 Å². The maximum atomic E-state index is 12.9. The van der Waals surface area contributed by atoms with Crippen LogP contribution in [0.5, 0.6) is 0 Å². The Labute approximate surface area is 366 Å². The molecule has 9 heteroatoms. The van der Waals surface area contributed by atoms with Gasteiger partial charge in [0.1, 0.15) is 13.2 Å². The maximum Gasteiger partial charge on any atom is 0.268 e. The molecule has 0 saturated carbocycles. The highest BCUT2D eigenvalue weighted by molar-refractivity contribution is 7.45. The van der Waals surface area contributed by atoms with E-state index in [9.17, 15) is 19.4 Å². The third-order valence-electron chi connectivity index (χ3n) is 11.1. The van der Waals surface area contributed by atoms with E-state index in [-0.39, 0.29) is 12.5 Å². The lowest BCUT2D eigenvalue weighted by atomic mass is 10.0. The van der Waals surface area contributed by atoms with Crippen molar-refractivity contribution in [1.29, 1.82) is 0 Å². The van der Waals surface area contributed by atoms with Crippen molar-refractivity contribution in [3.63, 3.8) is 0 Å². The zero-order valence-electron chi connectivity index (χ0n) is 39.5. The van der Waals surface area contributed by atoms with Crippen LogP contribution in [0.4, 0.5) is 0 Å². The second-order valence-electron chi connectivity index (χ2n) is 18.2. The molecule has 0 aliphatic rings. The number of aliphatic hydroxyl groups excluding tert-OH is 1. The molecule has 0 aromatic rings. The van der Waals surface area contributed by atoms with Gasteiger partial charge in [0, 0.05) is 6.42 Å². The number of nitrogens with one attached hydrogen (secondary N) is 1. The first kappa shape index (κ1) is 57.7. The monoisotopic (exact) mass is 853 g/mol. The van der Waals surface area contributed by atoms with Crippen LogP contribution in [0.3, 0.4) is 0 Å². The molecule has 0 aliphatic carbocycles. The van der Waals surface area contributed by atoms with Gasteiger partial charge in [0.05, 0.1) is 39.9 Å². The van der Waals surface area contributed by atoms with Gasteiger partial charge in [-0.15, -0.1) is 0 Å². The Bertz CT molecular complexity index is 1060. The maximum absolute atomic E-state index is 12.9. The first-order valence-electron chi connectivity index (χ1n) is 24.9. The van der Waals surface area contributed by atoms with Crippen LogP contribution < -0.4 is 10.2 Å². The average molecular weight is 853 g/mol. The van der Waals surface area contributed by atoms with Crippen LogP contribution in [0, 0.1) is 0 Å². The molecule has 0 spiro atoms. The van der Waals surface area contributed by atoms with Crippen LogP contribution in [0.15, 0.2) is 36.5 Å². The molecule has 0 fully saturated rings. The molecule has 0 bridgehead atoms. The number of likely N-dealkylation sites (N-methyl/N-ethyl adjacent to an activating group) is 1. The highest BCUT2D eigenvalue weighted by Crippen LogP contribution is 2.38. The van der Waals surface area contributed by atoms with Crippen molar-refractivity contribution in [2.24, 2.45) is 0 Å². The van der Waals surface area contributed by atoms with E-state index in [2.05, 4.69) is 43.5 Å². The molecule has 0 rings (SSSR count). The van der Waals surface area contributed by atoms with Gasteiger partial charge in [-0.1, -0.05) is 211 Å². The fourth-order valence-corrected chi connectivity index (χ4v) is 7.85. The fourth-order valence-electron chi connectivity index (χ4n) is 7.13. The van der Waals surface area contributed by atoms with Crippen LogP contribution in [-0.2, 0) is 18.4 Å². The van der Waals surface area contributed by atoms with Crippen molar-refractivity contribution < 1.29 is 32.9 Å². The molecule has 0 saturated heterocycles. The number of carbonyl (C=O) groups is 1. The van der Waals surface area contributed by atoms with Crippen LogP contribution >= 0.6 is 7.82 Å². The molecule has 1 amide bonds. The minimum atomic E-state index is -4.60. The summed E-state index contributed by atoms with van der Waals surface area (Å²) < 4.78 is 23.2. The van der Waals surface area contributed by atoms with Crippen LogP contribution in [-0.4, -0.2) is 68.5 Å². The number of carbonyl (C=O) groups excluding carboxylic acids is 1. The van der Waals surface area contributed by atoms with Gasteiger partial charge in [-0.05, 0) is 44.9 Å². The largest absolute Gasteiger partial charge is 0.756 e. The Hall–Kier alpha value is -1.28. The fraction of sp³-hybridized carbons (Fsp3) is 0.860. The third kappa shape index (κ3) is 44.6. The van der Waals surface area contributed by atoms with Gasteiger partial charge in [-0.2, -0.15) is 0 Å². The smallest absolute Gasteiger partial charge is 0.268 e. The number of nitrogens with zero attached hydrogens (tertiary/aromatic N) is 1. The molecule has 3 atom stereocenters. The standard InChI is InChI=1S/C50H97N2O6P/c1-6-8-10-12-14-16-18-20-21-22-23-24-25-26-27-28-29-30-32-34-36-38-40-42-44-50(54)51-48(47-58-59(55,56)57-46-45-52(3,4)5)49(53)43-41-39-37-35-33-31-19-17-15-13-11-9-7-2/h15,17,33,35,41,43,48-49,53H,6-14,16,18-32,34,36-40,42,44-47H2,1-5H3,(H-,51,54,55,56)/b17-15+,35-33+,43-41+. The second kappa shape index (κ2) is 42.0. The van der Waals surface area contributed by atoms with Gasteiger partial charge in [0.2, 0.25) is 5.91 Å². The van der Waals surface area contributed by atoms with Crippen LogP contribution in [0.1, 0.15) is 226 Å². The molecule has 0 radical (unpaired) electrons. The summed E-state index contributed by atoms with van der Waals surface area (Å²) in [5.41, 5.74) is 0. The SMILES string of the molecule is CCCCC/C=C/CC/C=C/CC/C=C/C(O)C(COP(=O)([O-])OCC[N+](C)(C)C)NC(=O)CCCCCCCCCCCCCCCCCCCCCCCCCC. The Kier molecular flexibility index (Phi) is 41.1. The first-order valence-corrected chi connectivity index (χ1v) is 26.3. The summed E-state index contributed by atoms with van der Waals surface area (Å²) in [6, 6.07) is -0.906. The molecular weight excluding hydrogens is 756 g/mol. The molecule has 348 valence electrons. The molecule has 3 unspecified atom stereocenters. The highest BCUT2D eigenvalue weighted by Gasteiger charge is 2.23. The van der Waals surface area contributed by atoms with Crippen molar-refractivity contribution >= 4 is 13.7 Å². The minimum absolute atomic E-state index is 0.00785. The molecule has 0 aromatic heterocycles. The topological polar surface area (TPSA) is 108 Å². The van der Waals surface area contributed by atoms with E-state index < -0.39 is 26.6 Å². The van der Waals surface area contributed by atoms with Crippen LogP contribution in [0.25, 0.3) is 0 Å². The van der Waals surface area contributed by atoms with Gasteiger partial charge in [0.15, 0.2) is 0 Å². The van der Waals surface area contributed by atoms with Gasteiger partial charge in [-0.3, -0.25) is 9.36 Å². The number of phosphoric ester groups is 1. The van der Waals surface area contributed by atoms with E-state index in [0.717, 1.165) is 51.4 Å². The molecule has 0 heterocycles. The third-order valence-corrected chi connectivity index (χ3v) is 12.0. The van der Waals surface area contributed by atoms with Crippen molar-refractivity contribution in [3.8, 4) is 0 Å². The van der Waals surface area contributed by atoms with Crippen molar-refractivity contribution in [1.82, 2.24) is 5.32 Å². The predicted molar refractivity (Wildman–Crippen MR) is 251 cm³/mol. The summed E-state index contributed by atoms with van der Waals surface area (Å²) in [6.45, 7) is 4.60. The van der Waals surface area contributed by atoms with E-state index in [1.807, 2.05) is 27.2 Å². The quantitative estimate of drug-likeness (QED) is 0.0273. The number of unbranched alkanes of at least 4 members (excludes halogenated alkanes) is 28. The van der Waals surface area contributed by atoms with E-state index in [1.165, 1.54) is 154 Å². The Morgan fingerprint density at radius 3 is 1.37 bits per heavy atom. The number of rotatable bonds is 45. The number of hydrogen-bond donors (Lipinski definition) is 2. The zero-order chi connectivity index (χ0) is 43.6. The molecule has 0 aromatic carbocycles. The molecule has 8 nitrogen and oxygen atoms in total. The number of allylic oxidation sites excluding steroid dienone is 5. The van der Waals surface area contributed by atoms with Gasteiger partial charge in [-0.25, -0.2) is 0 Å². The average Bonchev–Trinajstić information content (AvgIpc) is 3.19. The summed E-state index contributed by atoms with van der Waals surface area (Å²) >= 11 is 0. The van der Waals surface area contributed by atoms with E-state index in [1.54, 1.807) is 6.08 Å². The number of amides is 1. The molecule has 2 N–H and O–H groups in total. The summed E-state index contributed by atoms with van der Waals surface area (Å²) in [4.78, 5) is 25.3. The van der Waals surface area contributed by atoms with E-state index >= 15 is 0 Å². The minimum Gasteiger partial charge on any atom is -0.756 e. The van der Waals surface area contributed by atoms with Gasteiger partial charge < -0.3 is 28.8 Å². The lowest BCUT2D eigenvalue weighted by Gasteiger charge is -2.29. The summed E-state index contributed by atoms with van der Waals surface area (Å²) in [6.07, 6.45) is 52.1. The summed E-state index contributed by atoms with van der Waals surface area (Å²) in [5, 5.41) is 13.8. The molecule has 0 aliphatic heterocycles. The van der Waals surface area contributed by atoms with Gasteiger partial charge in [0.25, 0.3) is 7.82 Å². The highest BCUT2D eigenvalue weighted by atomic mass is 31.2. The van der Waals surface area contributed by atoms with Gasteiger partial charge >= 0.3 is 0 Å². The van der Waals surface area contributed by atoms with Crippen molar-refractivity contribution in [3.05, 3.63) is 36.5 Å². The first-order chi connectivity index (χ1) is 28.5. The van der Waals surface area contributed by atoms with Crippen LogP contribution in [0.2, 0.25) is 0 Å². The second-order valence-corrected chi connectivity index (χ2v) is 19.6. The summed E-state index contributed by atoms with van der Waals surface area (Å²) in [5.74, 6) is -0.209. The normalized spacial score (nSPS) is 14.5. The number of quaternary nitrogens is 1. The van der Waals surface area contributed by atoms with Crippen molar-refractivity contribution in [2.45, 2.75) is 238 Å². The van der Waals surface area contributed by atoms with E-state index in [4.69, 9.17) is 9.05 Å². The Balaban J connectivity index is 4.23. The lowest BCUT2D eigenvalue weighted by molar-refractivity contribution is -0.870. The predicted octanol–water partition coefficient (Wildman–Crippen LogP) is 13.6. The summed E-state index contributed by atoms with van der Waals surface area (Å²) in [7, 11) is 1.24. The molecule has 59 heavy (non-hydrogen) atoms. The number of phosphoric acid groups is 1. The lowest BCUT2D eigenvalue weighted by Crippen LogP contribution is -2.45. The zero-order valence-corrected chi connectivity index (χ0v) is 40.4.